The van der Waals surface area contributed by atoms with Gasteiger partial charge in [0, 0.05) is 23.6 Å². The average molecular weight is 355 g/mol. The summed E-state index contributed by atoms with van der Waals surface area (Å²) in [6.45, 7) is 2.06. The predicted octanol–water partition coefficient (Wildman–Crippen LogP) is 3.43. The van der Waals surface area contributed by atoms with E-state index in [0.717, 1.165) is 23.8 Å². The van der Waals surface area contributed by atoms with Crippen LogP contribution in [0.1, 0.15) is 44.6 Å². The van der Waals surface area contributed by atoms with Crippen LogP contribution in [0.25, 0.3) is 11.0 Å². The predicted molar refractivity (Wildman–Crippen MR) is 99.4 cm³/mol. The van der Waals surface area contributed by atoms with Crippen molar-refractivity contribution in [1.29, 1.82) is 0 Å². The van der Waals surface area contributed by atoms with Gasteiger partial charge in [-0.1, -0.05) is 13.3 Å². The number of carbonyl (C=O) groups excluding carboxylic acids is 1. The third kappa shape index (κ3) is 3.92. The molecule has 0 spiro atoms. The highest BCUT2D eigenvalue weighted by atomic mass is 16.5. The summed E-state index contributed by atoms with van der Waals surface area (Å²) >= 11 is 0. The first-order chi connectivity index (χ1) is 12.6. The number of rotatable bonds is 8. The highest BCUT2D eigenvalue weighted by molar-refractivity contribution is 5.82. The molecule has 1 amide bonds. The summed E-state index contributed by atoms with van der Waals surface area (Å²) in [5, 5.41) is 4.07. The van der Waals surface area contributed by atoms with Crippen LogP contribution in [0.4, 0.5) is 0 Å². The Morgan fingerprint density at radius 2 is 1.96 bits per heavy atom. The van der Waals surface area contributed by atoms with Crippen LogP contribution in [-0.4, -0.2) is 18.6 Å². The van der Waals surface area contributed by atoms with Gasteiger partial charge in [0.25, 0.3) is 5.91 Å². The first kappa shape index (κ1) is 17.1. The van der Waals surface area contributed by atoms with Crippen molar-refractivity contribution in [1.82, 2.24) is 5.32 Å². The molecule has 1 N–H and O–H groups in total. The Kier molecular flexibility index (Phi) is 4.70. The maximum atomic E-state index is 12.2. The Hall–Kier alpha value is -2.30. The molecular weight excluding hydrogens is 330 g/mol. The molecule has 2 aromatic rings. The van der Waals surface area contributed by atoms with Gasteiger partial charge in [-0.05, 0) is 61.6 Å². The highest BCUT2D eigenvalue weighted by Gasteiger charge is 2.42. The van der Waals surface area contributed by atoms with Crippen molar-refractivity contribution in [2.45, 2.75) is 51.5 Å². The van der Waals surface area contributed by atoms with E-state index >= 15 is 0 Å². The summed E-state index contributed by atoms with van der Waals surface area (Å²) < 4.78 is 10.9. The minimum Gasteiger partial charge on any atom is -0.484 e. The highest BCUT2D eigenvalue weighted by Crippen LogP contribution is 2.44. The van der Waals surface area contributed by atoms with Crippen LogP contribution < -0.4 is 15.7 Å². The van der Waals surface area contributed by atoms with Gasteiger partial charge < -0.3 is 14.5 Å². The van der Waals surface area contributed by atoms with Gasteiger partial charge in [-0.15, -0.1) is 0 Å². The first-order valence-corrected chi connectivity index (χ1v) is 9.63. The molecule has 0 aliphatic heterocycles. The molecule has 2 saturated carbocycles. The lowest BCUT2D eigenvalue weighted by Crippen LogP contribution is -2.40. The molecule has 5 nitrogen and oxygen atoms in total. The fourth-order valence-corrected chi connectivity index (χ4v) is 3.68. The van der Waals surface area contributed by atoms with Crippen molar-refractivity contribution >= 4 is 16.9 Å². The molecule has 138 valence electrons. The summed E-state index contributed by atoms with van der Waals surface area (Å²) in [4.78, 5) is 24.0. The molecule has 26 heavy (non-hydrogen) atoms. The smallest absolute Gasteiger partial charge is 0.336 e. The molecule has 5 heteroatoms. The lowest BCUT2D eigenvalue weighted by Gasteiger charge is -2.17. The van der Waals surface area contributed by atoms with E-state index in [1.165, 1.54) is 25.7 Å². The minimum absolute atomic E-state index is 0.0136. The van der Waals surface area contributed by atoms with Crippen LogP contribution in [0, 0.1) is 11.8 Å². The lowest BCUT2D eigenvalue weighted by molar-refractivity contribution is -0.124. The molecule has 0 bridgehead atoms. The van der Waals surface area contributed by atoms with Crippen molar-refractivity contribution in [2.24, 2.45) is 11.8 Å². The number of benzene rings is 1. The molecule has 1 aromatic heterocycles. The summed E-state index contributed by atoms with van der Waals surface area (Å²) in [6, 6.07) is 7.30. The fraction of sp³-hybridized carbons (Fsp3) is 0.524. The Morgan fingerprint density at radius 1 is 1.23 bits per heavy atom. The Labute approximate surface area is 152 Å². The van der Waals surface area contributed by atoms with Gasteiger partial charge in [0.05, 0.1) is 0 Å². The third-order valence-corrected chi connectivity index (χ3v) is 5.28. The van der Waals surface area contributed by atoms with Gasteiger partial charge in [0.1, 0.15) is 11.3 Å². The second-order valence-electron chi connectivity index (χ2n) is 7.56. The van der Waals surface area contributed by atoms with E-state index in [1.54, 1.807) is 12.1 Å². The molecule has 0 atom stereocenters. The van der Waals surface area contributed by atoms with Crippen LogP contribution >= 0.6 is 0 Å². The second kappa shape index (κ2) is 7.14. The van der Waals surface area contributed by atoms with Crippen molar-refractivity contribution < 1.29 is 13.9 Å². The number of fused-ring (bicyclic) bond motifs is 1. The quantitative estimate of drug-likeness (QED) is 0.737. The van der Waals surface area contributed by atoms with Crippen LogP contribution in [0.3, 0.4) is 0 Å². The van der Waals surface area contributed by atoms with Crippen LogP contribution in [-0.2, 0) is 11.2 Å². The first-order valence-electron chi connectivity index (χ1n) is 9.63. The SMILES string of the molecule is CCCc1cc(=O)oc2cc(OCC(=O)NC(C3CC3)C3CC3)ccc12. The number of nitrogens with one attached hydrogen (secondary N) is 1. The van der Waals surface area contributed by atoms with E-state index in [1.807, 2.05) is 12.1 Å². The van der Waals surface area contributed by atoms with Crippen molar-refractivity contribution in [2.75, 3.05) is 6.61 Å². The zero-order chi connectivity index (χ0) is 18.1. The van der Waals surface area contributed by atoms with E-state index in [0.29, 0.717) is 29.2 Å². The number of carbonyl (C=O) groups is 1. The number of hydrogen-bond donors (Lipinski definition) is 1. The maximum Gasteiger partial charge on any atom is 0.336 e. The molecule has 2 aliphatic carbocycles. The van der Waals surface area contributed by atoms with Crippen LogP contribution in [0.5, 0.6) is 5.75 Å². The van der Waals surface area contributed by atoms with Crippen molar-refractivity contribution in [3.8, 4) is 5.75 Å². The third-order valence-electron chi connectivity index (χ3n) is 5.28. The van der Waals surface area contributed by atoms with Crippen molar-refractivity contribution in [3.63, 3.8) is 0 Å². The van der Waals surface area contributed by atoms with Gasteiger partial charge in [-0.2, -0.15) is 0 Å². The van der Waals surface area contributed by atoms with Gasteiger partial charge in [-0.3, -0.25) is 4.79 Å². The van der Waals surface area contributed by atoms with E-state index < -0.39 is 0 Å². The Balaban J connectivity index is 1.42. The van der Waals surface area contributed by atoms with Gasteiger partial charge in [0.15, 0.2) is 6.61 Å². The van der Waals surface area contributed by atoms with E-state index in [4.69, 9.17) is 9.15 Å². The maximum absolute atomic E-state index is 12.2. The molecule has 0 radical (unpaired) electrons. The van der Waals surface area contributed by atoms with Gasteiger partial charge in [0.2, 0.25) is 0 Å². The normalized spacial score (nSPS) is 16.8. The molecule has 1 aromatic carbocycles. The Morgan fingerprint density at radius 3 is 2.62 bits per heavy atom. The van der Waals surface area contributed by atoms with E-state index in [-0.39, 0.29) is 18.1 Å². The molecule has 0 unspecified atom stereocenters. The molecule has 0 saturated heterocycles. The second-order valence-corrected chi connectivity index (χ2v) is 7.56. The zero-order valence-corrected chi connectivity index (χ0v) is 15.1. The largest absolute Gasteiger partial charge is 0.484 e. The number of ether oxygens (including phenoxy) is 1. The number of hydrogen-bond acceptors (Lipinski definition) is 4. The van der Waals surface area contributed by atoms with E-state index in [2.05, 4.69) is 12.2 Å². The zero-order valence-electron chi connectivity index (χ0n) is 15.1. The molecule has 2 fully saturated rings. The summed E-state index contributed by atoms with van der Waals surface area (Å²) in [5.74, 6) is 1.80. The Bertz CT molecular complexity index is 852. The summed E-state index contributed by atoms with van der Waals surface area (Å²) in [6.07, 6.45) is 6.70. The standard InChI is InChI=1S/C21H25NO4/c1-2-3-15-10-20(24)26-18-11-16(8-9-17(15)18)25-12-19(23)22-21(13-4-5-13)14-6-7-14/h8-11,13-14,21H,2-7,12H2,1H3,(H,22,23). The van der Waals surface area contributed by atoms with Crippen molar-refractivity contribution in [3.05, 3.63) is 40.2 Å². The van der Waals surface area contributed by atoms with Crippen LogP contribution in [0.15, 0.2) is 33.5 Å². The number of aryl methyl sites for hydroxylation is 1. The fourth-order valence-electron chi connectivity index (χ4n) is 3.68. The topological polar surface area (TPSA) is 68.5 Å². The molecular formula is C21H25NO4. The van der Waals surface area contributed by atoms with Crippen LogP contribution in [0.2, 0.25) is 0 Å². The summed E-state index contributed by atoms with van der Waals surface area (Å²) in [7, 11) is 0. The van der Waals surface area contributed by atoms with Gasteiger partial charge in [-0.25, -0.2) is 4.79 Å². The van der Waals surface area contributed by atoms with E-state index in [9.17, 15) is 9.59 Å². The summed E-state index contributed by atoms with van der Waals surface area (Å²) in [5.41, 5.74) is 1.14. The number of amides is 1. The molecule has 2 aliphatic rings. The van der Waals surface area contributed by atoms with Gasteiger partial charge >= 0.3 is 5.63 Å². The lowest BCUT2D eigenvalue weighted by atomic mass is 10.1. The minimum atomic E-state index is -0.354. The average Bonchev–Trinajstić information content (AvgIpc) is 3.51. The molecule has 1 heterocycles. The monoisotopic (exact) mass is 355 g/mol. The molecule has 4 rings (SSSR count).